The molecule has 2 heterocycles. The van der Waals surface area contributed by atoms with Crippen LogP contribution in [0.25, 0.3) is 0 Å². The van der Waals surface area contributed by atoms with Gasteiger partial charge in [-0.2, -0.15) is 0 Å². The molecule has 82 valence electrons. The van der Waals surface area contributed by atoms with Crippen molar-refractivity contribution in [1.82, 2.24) is 4.98 Å². The summed E-state index contributed by atoms with van der Waals surface area (Å²) in [5.41, 5.74) is 5.64. The molecule has 1 aliphatic heterocycles. The van der Waals surface area contributed by atoms with E-state index >= 15 is 0 Å². The highest BCUT2D eigenvalue weighted by Crippen LogP contribution is 2.18. The molecule has 0 aromatic carbocycles. The molecular weight excluding hydrogens is 190 g/mol. The van der Waals surface area contributed by atoms with Gasteiger partial charge in [0.1, 0.15) is 11.6 Å². The van der Waals surface area contributed by atoms with E-state index in [0.29, 0.717) is 5.82 Å². The molecule has 3 N–H and O–H groups in total. The van der Waals surface area contributed by atoms with Gasteiger partial charge in [-0.15, -0.1) is 0 Å². The van der Waals surface area contributed by atoms with E-state index in [1.807, 2.05) is 12.1 Å². The summed E-state index contributed by atoms with van der Waals surface area (Å²) in [5, 5.41) is 9.54. The minimum atomic E-state index is -0.156. The van der Waals surface area contributed by atoms with Gasteiger partial charge in [-0.3, -0.25) is 0 Å². The van der Waals surface area contributed by atoms with Gasteiger partial charge < -0.3 is 15.7 Å². The van der Waals surface area contributed by atoms with E-state index in [4.69, 9.17) is 5.73 Å². The standard InChI is InChI=1S/C11H17N3O/c12-10-4-1-5-11(13-10)14-7-2-3-9(15)6-8-14/h1,4-5,9,15H,2-3,6-8H2,(H2,12,13). The average molecular weight is 207 g/mol. The lowest BCUT2D eigenvalue weighted by molar-refractivity contribution is 0.161. The largest absolute Gasteiger partial charge is 0.393 e. The van der Waals surface area contributed by atoms with E-state index in [1.165, 1.54) is 0 Å². The first-order valence-corrected chi connectivity index (χ1v) is 5.41. The van der Waals surface area contributed by atoms with Crippen molar-refractivity contribution in [3.05, 3.63) is 18.2 Å². The number of rotatable bonds is 1. The van der Waals surface area contributed by atoms with Crippen LogP contribution in [0.15, 0.2) is 18.2 Å². The Morgan fingerprint density at radius 2 is 2.20 bits per heavy atom. The topological polar surface area (TPSA) is 62.4 Å². The molecule has 0 saturated carbocycles. The molecule has 1 aromatic rings. The number of anilines is 2. The molecule has 0 spiro atoms. The minimum Gasteiger partial charge on any atom is -0.393 e. The second kappa shape index (κ2) is 4.49. The molecule has 1 unspecified atom stereocenters. The van der Waals surface area contributed by atoms with Gasteiger partial charge in [0.05, 0.1) is 6.10 Å². The van der Waals surface area contributed by atoms with Crippen LogP contribution in [-0.2, 0) is 0 Å². The summed E-state index contributed by atoms with van der Waals surface area (Å²) < 4.78 is 0. The van der Waals surface area contributed by atoms with Crippen LogP contribution in [0.4, 0.5) is 11.6 Å². The average Bonchev–Trinajstić information content (AvgIpc) is 2.43. The highest BCUT2D eigenvalue weighted by Gasteiger charge is 2.15. The molecule has 0 bridgehead atoms. The molecule has 1 atom stereocenters. The SMILES string of the molecule is Nc1cccc(N2CCCC(O)CC2)n1. The van der Waals surface area contributed by atoms with Gasteiger partial charge in [0, 0.05) is 13.1 Å². The third-order valence-corrected chi connectivity index (χ3v) is 2.78. The van der Waals surface area contributed by atoms with E-state index in [0.717, 1.165) is 38.2 Å². The van der Waals surface area contributed by atoms with Crippen LogP contribution in [0, 0.1) is 0 Å². The maximum Gasteiger partial charge on any atom is 0.130 e. The Bertz CT molecular complexity index is 329. The molecule has 2 rings (SSSR count). The van der Waals surface area contributed by atoms with Crippen LogP contribution >= 0.6 is 0 Å². The Kier molecular flexibility index (Phi) is 3.06. The fourth-order valence-electron chi connectivity index (χ4n) is 1.92. The molecule has 0 radical (unpaired) electrons. The Hall–Kier alpha value is -1.29. The second-order valence-corrected chi connectivity index (χ2v) is 3.99. The zero-order valence-corrected chi connectivity index (χ0v) is 8.76. The Morgan fingerprint density at radius 3 is 3.00 bits per heavy atom. The molecule has 15 heavy (non-hydrogen) atoms. The van der Waals surface area contributed by atoms with Crippen molar-refractivity contribution in [2.75, 3.05) is 23.7 Å². The van der Waals surface area contributed by atoms with Crippen LogP contribution in [0.5, 0.6) is 0 Å². The zero-order chi connectivity index (χ0) is 10.7. The number of nitrogen functional groups attached to an aromatic ring is 1. The smallest absolute Gasteiger partial charge is 0.130 e. The Labute approximate surface area is 89.7 Å². The number of aromatic nitrogens is 1. The fourth-order valence-corrected chi connectivity index (χ4v) is 1.92. The first-order valence-electron chi connectivity index (χ1n) is 5.41. The molecule has 1 saturated heterocycles. The van der Waals surface area contributed by atoms with Gasteiger partial charge in [0.2, 0.25) is 0 Å². The third-order valence-electron chi connectivity index (χ3n) is 2.78. The lowest BCUT2D eigenvalue weighted by atomic mass is 10.2. The predicted octanol–water partition coefficient (Wildman–Crippen LogP) is 1.01. The first-order chi connectivity index (χ1) is 7.25. The maximum absolute atomic E-state index is 9.54. The number of hydrogen-bond acceptors (Lipinski definition) is 4. The van der Waals surface area contributed by atoms with E-state index < -0.39 is 0 Å². The van der Waals surface area contributed by atoms with Crippen molar-refractivity contribution in [2.24, 2.45) is 0 Å². The number of aliphatic hydroxyl groups excluding tert-OH is 1. The summed E-state index contributed by atoms with van der Waals surface area (Å²) >= 11 is 0. The summed E-state index contributed by atoms with van der Waals surface area (Å²) in [6.45, 7) is 1.81. The highest BCUT2D eigenvalue weighted by molar-refractivity contribution is 5.44. The first kappa shape index (κ1) is 10.2. The van der Waals surface area contributed by atoms with Crippen molar-refractivity contribution in [2.45, 2.75) is 25.4 Å². The Balaban J connectivity index is 2.09. The quantitative estimate of drug-likeness (QED) is 0.721. The zero-order valence-electron chi connectivity index (χ0n) is 8.76. The lowest BCUT2D eigenvalue weighted by Crippen LogP contribution is -2.25. The highest BCUT2D eigenvalue weighted by atomic mass is 16.3. The van der Waals surface area contributed by atoms with Gasteiger partial charge in [0.15, 0.2) is 0 Å². The van der Waals surface area contributed by atoms with Gasteiger partial charge in [0.25, 0.3) is 0 Å². The molecule has 1 aliphatic rings. The number of nitrogens with two attached hydrogens (primary N) is 1. The van der Waals surface area contributed by atoms with Crippen LogP contribution in [0.1, 0.15) is 19.3 Å². The summed E-state index contributed by atoms with van der Waals surface area (Å²) in [4.78, 5) is 6.47. The Morgan fingerprint density at radius 1 is 1.33 bits per heavy atom. The lowest BCUT2D eigenvalue weighted by Gasteiger charge is -2.21. The van der Waals surface area contributed by atoms with Crippen molar-refractivity contribution in [3.8, 4) is 0 Å². The van der Waals surface area contributed by atoms with E-state index in [2.05, 4.69) is 9.88 Å². The van der Waals surface area contributed by atoms with Crippen molar-refractivity contribution in [1.29, 1.82) is 0 Å². The predicted molar refractivity (Wildman–Crippen MR) is 60.7 cm³/mol. The fraction of sp³-hybridized carbons (Fsp3) is 0.545. The third kappa shape index (κ3) is 2.59. The van der Waals surface area contributed by atoms with Crippen LogP contribution in [0.2, 0.25) is 0 Å². The minimum absolute atomic E-state index is 0.156. The van der Waals surface area contributed by atoms with E-state index in [-0.39, 0.29) is 6.10 Å². The number of aliphatic hydroxyl groups is 1. The molecule has 1 aromatic heterocycles. The normalized spacial score (nSPS) is 22.5. The van der Waals surface area contributed by atoms with Gasteiger partial charge in [-0.05, 0) is 31.4 Å². The van der Waals surface area contributed by atoms with Crippen LogP contribution in [-0.4, -0.2) is 29.3 Å². The van der Waals surface area contributed by atoms with Crippen molar-refractivity contribution < 1.29 is 5.11 Å². The summed E-state index contributed by atoms with van der Waals surface area (Å²) in [6.07, 6.45) is 2.56. The van der Waals surface area contributed by atoms with E-state index in [1.54, 1.807) is 6.07 Å². The molecule has 0 aliphatic carbocycles. The van der Waals surface area contributed by atoms with Gasteiger partial charge in [-0.25, -0.2) is 4.98 Å². The van der Waals surface area contributed by atoms with E-state index in [9.17, 15) is 5.11 Å². The number of pyridine rings is 1. The molecule has 4 nitrogen and oxygen atoms in total. The number of hydrogen-bond donors (Lipinski definition) is 2. The van der Waals surface area contributed by atoms with Crippen LogP contribution < -0.4 is 10.6 Å². The second-order valence-electron chi connectivity index (χ2n) is 3.99. The maximum atomic E-state index is 9.54. The molecular formula is C11H17N3O. The van der Waals surface area contributed by atoms with Crippen LogP contribution in [0.3, 0.4) is 0 Å². The van der Waals surface area contributed by atoms with Gasteiger partial charge in [-0.1, -0.05) is 6.07 Å². The van der Waals surface area contributed by atoms with Crippen molar-refractivity contribution in [3.63, 3.8) is 0 Å². The van der Waals surface area contributed by atoms with Crippen molar-refractivity contribution >= 4 is 11.6 Å². The van der Waals surface area contributed by atoms with Gasteiger partial charge >= 0.3 is 0 Å². The summed E-state index contributed by atoms with van der Waals surface area (Å²) in [5.74, 6) is 1.47. The summed E-state index contributed by atoms with van der Waals surface area (Å²) in [6, 6.07) is 5.67. The molecule has 1 fully saturated rings. The number of nitrogens with zero attached hydrogens (tertiary/aromatic N) is 2. The molecule has 0 amide bonds. The summed E-state index contributed by atoms with van der Waals surface area (Å²) in [7, 11) is 0. The molecule has 4 heteroatoms. The monoisotopic (exact) mass is 207 g/mol.